The third-order valence-corrected chi connectivity index (χ3v) is 3.67. The lowest BCUT2D eigenvalue weighted by Crippen LogP contribution is -2.40. The van der Waals surface area contributed by atoms with Crippen LogP contribution in [0.1, 0.15) is 23.2 Å². The number of hydrogen-bond donors (Lipinski definition) is 4. The zero-order valence-electron chi connectivity index (χ0n) is 11.5. The zero-order valence-corrected chi connectivity index (χ0v) is 11.5. The van der Waals surface area contributed by atoms with E-state index in [1.807, 2.05) is 0 Å². The molecule has 1 aromatic carbocycles. The number of carboxylic acid groups (broad SMARTS) is 1. The van der Waals surface area contributed by atoms with E-state index in [9.17, 15) is 19.8 Å². The van der Waals surface area contributed by atoms with Gasteiger partial charge in [-0.3, -0.25) is 4.79 Å². The van der Waals surface area contributed by atoms with E-state index in [1.165, 1.54) is 23.1 Å². The van der Waals surface area contributed by atoms with Crippen LogP contribution >= 0.6 is 0 Å². The number of likely N-dealkylation sites (tertiary alicyclic amines) is 1. The van der Waals surface area contributed by atoms with Gasteiger partial charge >= 0.3 is 6.09 Å². The summed E-state index contributed by atoms with van der Waals surface area (Å²) in [6.45, 7) is 1.43. The van der Waals surface area contributed by atoms with E-state index >= 15 is 0 Å². The van der Waals surface area contributed by atoms with Crippen molar-refractivity contribution in [2.75, 3.05) is 19.6 Å². The number of hydrogen-bond acceptors (Lipinski definition) is 4. The first-order chi connectivity index (χ1) is 9.97. The molecule has 7 heteroatoms. The molecule has 1 fully saturated rings. The Balaban J connectivity index is 1.82. The topological polar surface area (TPSA) is 110 Å². The van der Waals surface area contributed by atoms with E-state index in [0.717, 1.165) is 0 Å². The molecule has 1 aromatic rings. The van der Waals surface area contributed by atoms with Crippen molar-refractivity contribution in [2.24, 2.45) is 5.92 Å². The van der Waals surface area contributed by atoms with Crippen molar-refractivity contribution in [3.63, 3.8) is 0 Å². The lowest BCUT2D eigenvalue weighted by Gasteiger charge is -2.29. The maximum Gasteiger partial charge on any atom is 0.407 e. The molecule has 0 aliphatic carbocycles. The summed E-state index contributed by atoms with van der Waals surface area (Å²) in [5, 5.41) is 30.2. The summed E-state index contributed by atoms with van der Waals surface area (Å²) < 4.78 is 0. The molecule has 1 heterocycles. The number of phenolic OH excluding ortho intramolecular Hbond substituents is 2. The monoisotopic (exact) mass is 294 g/mol. The van der Waals surface area contributed by atoms with Gasteiger partial charge in [0, 0.05) is 25.2 Å². The maximum atomic E-state index is 11.9. The predicted octanol–water partition coefficient (Wildman–Crippen LogP) is 1.22. The summed E-state index contributed by atoms with van der Waals surface area (Å²) in [6.07, 6.45) is 0.526. The fraction of sp³-hybridized carbons (Fsp3) is 0.429. The van der Waals surface area contributed by atoms with Crippen LogP contribution in [0.5, 0.6) is 11.5 Å². The highest BCUT2D eigenvalue weighted by atomic mass is 16.4. The molecule has 4 N–H and O–H groups in total. The van der Waals surface area contributed by atoms with Crippen molar-refractivity contribution in [2.45, 2.75) is 12.8 Å². The van der Waals surface area contributed by atoms with Crippen LogP contribution in [0.3, 0.4) is 0 Å². The smallest absolute Gasteiger partial charge is 0.407 e. The molecule has 114 valence electrons. The predicted molar refractivity (Wildman–Crippen MR) is 74.4 cm³/mol. The second-order valence-electron chi connectivity index (χ2n) is 5.13. The van der Waals surface area contributed by atoms with Crippen LogP contribution in [0.15, 0.2) is 18.2 Å². The average Bonchev–Trinajstić information content (AvgIpc) is 2.48. The van der Waals surface area contributed by atoms with Crippen LogP contribution in [0, 0.1) is 5.92 Å². The number of nitrogens with one attached hydrogen (secondary N) is 1. The van der Waals surface area contributed by atoms with E-state index in [2.05, 4.69) is 5.32 Å². The molecule has 0 radical (unpaired) electrons. The van der Waals surface area contributed by atoms with Gasteiger partial charge in [0.1, 0.15) is 0 Å². The minimum absolute atomic E-state index is 0.246. The molecule has 0 aromatic heterocycles. The number of amides is 2. The van der Waals surface area contributed by atoms with Gasteiger partial charge in [0.15, 0.2) is 11.5 Å². The quantitative estimate of drug-likeness (QED) is 0.626. The van der Waals surface area contributed by atoms with Crippen molar-refractivity contribution >= 4 is 12.0 Å². The van der Waals surface area contributed by atoms with Gasteiger partial charge in [-0.1, -0.05) is 0 Å². The van der Waals surface area contributed by atoms with E-state index < -0.39 is 6.09 Å². The number of carbonyl (C=O) groups is 2. The van der Waals surface area contributed by atoms with Crippen molar-refractivity contribution < 1.29 is 24.9 Å². The normalized spacial score (nSPS) is 15.7. The van der Waals surface area contributed by atoms with Crippen LogP contribution < -0.4 is 5.32 Å². The number of aromatic hydroxyl groups is 2. The van der Waals surface area contributed by atoms with Crippen molar-refractivity contribution in [3.05, 3.63) is 23.8 Å². The number of benzene rings is 1. The summed E-state index contributed by atoms with van der Waals surface area (Å²) in [4.78, 5) is 24.1. The van der Waals surface area contributed by atoms with Gasteiger partial charge in [-0.25, -0.2) is 4.79 Å². The molecule has 1 aliphatic heterocycles. The van der Waals surface area contributed by atoms with E-state index in [-0.39, 0.29) is 28.9 Å². The van der Waals surface area contributed by atoms with Crippen LogP contribution in [0.25, 0.3) is 0 Å². The van der Waals surface area contributed by atoms with E-state index in [4.69, 9.17) is 5.11 Å². The third-order valence-electron chi connectivity index (χ3n) is 3.67. The molecule has 0 spiro atoms. The Labute approximate surface area is 121 Å². The Hall–Kier alpha value is -2.44. The van der Waals surface area contributed by atoms with Gasteiger partial charge in [-0.05, 0) is 37.0 Å². The minimum Gasteiger partial charge on any atom is -0.504 e. The fourth-order valence-electron chi connectivity index (χ4n) is 2.33. The fourth-order valence-corrected chi connectivity index (χ4v) is 2.33. The van der Waals surface area contributed by atoms with Gasteiger partial charge in [0.2, 0.25) is 0 Å². The average molecular weight is 294 g/mol. The van der Waals surface area contributed by atoms with Crippen molar-refractivity contribution in [3.8, 4) is 11.5 Å². The van der Waals surface area contributed by atoms with Crippen LogP contribution in [0.4, 0.5) is 4.79 Å². The molecule has 2 amide bonds. The van der Waals surface area contributed by atoms with Gasteiger partial charge < -0.3 is 25.5 Å². The molecule has 0 unspecified atom stereocenters. The number of rotatable bonds is 3. The van der Waals surface area contributed by atoms with E-state index in [0.29, 0.717) is 32.5 Å². The lowest BCUT2D eigenvalue weighted by atomic mass is 9.97. The second-order valence-corrected chi connectivity index (χ2v) is 5.13. The summed E-state index contributed by atoms with van der Waals surface area (Å²) in [5.74, 6) is -0.689. The van der Waals surface area contributed by atoms with Crippen LogP contribution in [0.2, 0.25) is 0 Å². The largest absolute Gasteiger partial charge is 0.504 e. The third kappa shape index (κ3) is 3.77. The Morgan fingerprint density at radius 3 is 2.43 bits per heavy atom. The van der Waals surface area contributed by atoms with Crippen molar-refractivity contribution in [1.29, 1.82) is 0 Å². The summed E-state index contributed by atoms with van der Waals surface area (Å²) >= 11 is 0. The Morgan fingerprint density at radius 2 is 1.86 bits per heavy atom. The van der Waals surface area contributed by atoms with E-state index in [1.54, 1.807) is 0 Å². The maximum absolute atomic E-state index is 11.9. The van der Waals surface area contributed by atoms with Crippen LogP contribution in [-0.4, -0.2) is 51.9 Å². The van der Waals surface area contributed by atoms with Gasteiger partial charge in [0.25, 0.3) is 5.91 Å². The standard InChI is InChI=1S/C14H18N2O5/c17-11-2-1-10(7-12(11)18)13(19)15-8-9-3-5-16(6-4-9)14(20)21/h1-2,7,9,17-18H,3-6,8H2,(H,15,19)(H,20,21). The summed E-state index contributed by atoms with van der Waals surface area (Å²) in [7, 11) is 0. The van der Waals surface area contributed by atoms with Gasteiger partial charge in [-0.15, -0.1) is 0 Å². The molecule has 2 rings (SSSR count). The van der Waals surface area contributed by atoms with Crippen molar-refractivity contribution in [1.82, 2.24) is 10.2 Å². The number of nitrogens with zero attached hydrogens (tertiary/aromatic N) is 1. The first kappa shape index (κ1) is 15.0. The zero-order chi connectivity index (χ0) is 15.4. The molecule has 0 atom stereocenters. The number of phenols is 2. The highest BCUT2D eigenvalue weighted by molar-refractivity contribution is 5.94. The molecule has 1 saturated heterocycles. The van der Waals surface area contributed by atoms with Gasteiger partial charge in [-0.2, -0.15) is 0 Å². The Kier molecular flexibility index (Phi) is 4.52. The van der Waals surface area contributed by atoms with Gasteiger partial charge in [0.05, 0.1) is 0 Å². The summed E-state index contributed by atoms with van der Waals surface area (Å²) in [5.41, 5.74) is 0.272. The second kappa shape index (κ2) is 6.34. The number of piperidine rings is 1. The lowest BCUT2D eigenvalue weighted by molar-refractivity contribution is 0.0928. The highest BCUT2D eigenvalue weighted by Gasteiger charge is 2.22. The molecule has 0 saturated carbocycles. The first-order valence-electron chi connectivity index (χ1n) is 6.75. The van der Waals surface area contributed by atoms with Crippen LogP contribution in [-0.2, 0) is 0 Å². The Morgan fingerprint density at radius 1 is 1.19 bits per heavy atom. The number of carbonyl (C=O) groups excluding carboxylic acids is 1. The first-order valence-corrected chi connectivity index (χ1v) is 6.75. The molecule has 7 nitrogen and oxygen atoms in total. The molecule has 1 aliphatic rings. The Bertz CT molecular complexity index is 538. The summed E-state index contributed by atoms with van der Waals surface area (Å²) in [6, 6.07) is 3.89. The molecule has 21 heavy (non-hydrogen) atoms. The highest BCUT2D eigenvalue weighted by Crippen LogP contribution is 2.24. The molecular weight excluding hydrogens is 276 g/mol. The molecular formula is C14H18N2O5. The minimum atomic E-state index is -0.906. The molecule has 0 bridgehead atoms. The SMILES string of the molecule is O=C(NCC1CCN(C(=O)O)CC1)c1ccc(O)c(O)c1.